The zero-order valence-corrected chi connectivity index (χ0v) is 19.0. The van der Waals surface area contributed by atoms with E-state index in [-0.39, 0.29) is 16.2 Å². The third kappa shape index (κ3) is 2.92. The van der Waals surface area contributed by atoms with Crippen LogP contribution in [0.1, 0.15) is 71.0 Å². The molecule has 0 bridgehead atoms. The first kappa shape index (κ1) is 19.8. The molecule has 0 saturated heterocycles. The van der Waals surface area contributed by atoms with Crippen molar-refractivity contribution in [3.8, 4) is 22.4 Å². The van der Waals surface area contributed by atoms with Gasteiger partial charge in [0.15, 0.2) is 0 Å². The zero-order valence-electron chi connectivity index (χ0n) is 19.0. The van der Waals surface area contributed by atoms with E-state index in [0.717, 1.165) is 11.4 Å². The average molecular weight is 385 g/mol. The van der Waals surface area contributed by atoms with E-state index in [1.807, 2.05) is 6.20 Å². The normalized spacial score (nSPS) is 16.8. The Balaban J connectivity index is 2.05. The van der Waals surface area contributed by atoms with Gasteiger partial charge in [0.2, 0.25) is 0 Å². The van der Waals surface area contributed by atoms with Crippen molar-refractivity contribution in [2.45, 2.75) is 71.6 Å². The van der Waals surface area contributed by atoms with Crippen molar-refractivity contribution < 1.29 is 0 Å². The van der Waals surface area contributed by atoms with E-state index < -0.39 is 0 Å². The van der Waals surface area contributed by atoms with Gasteiger partial charge in [-0.3, -0.25) is 9.97 Å². The fourth-order valence-electron chi connectivity index (χ4n) is 4.57. The predicted octanol–water partition coefficient (Wildman–Crippen LogP) is 6.99. The molecule has 29 heavy (non-hydrogen) atoms. The van der Waals surface area contributed by atoms with Gasteiger partial charge < -0.3 is 0 Å². The largest absolute Gasteiger partial charge is 0.257 e. The molecule has 0 amide bonds. The molecular formula is C27H32N2. The summed E-state index contributed by atoms with van der Waals surface area (Å²) in [6.07, 6.45) is 1.95. The summed E-state index contributed by atoms with van der Waals surface area (Å²) in [5.41, 5.74) is 9.70. The number of rotatable bonds is 1. The second-order valence-electron chi connectivity index (χ2n) is 10.5. The first-order valence-electron chi connectivity index (χ1n) is 10.5. The Bertz CT molecular complexity index is 1100. The summed E-state index contributed by atoms with van der Waals surface area (Å²) < 4.78 is 0. The molecule has 0 fully saturated rings. The van der Waals surface area contributed by atoms with Crippen LogP contribution in [0.5, 0.6) is 0 Å². The number of pyridine rings is 2. The topological polar surface area (TPSA) is 25.8 Å². The molecule has 0 aliphatic heterocycles. The van der Waals surface area contributed by atoms with Gasteiger partial charge in [-0.15, -0.1) is 0 Å². The lowest BCUT2D eigenvalue weighted by Gasteiger charge is -2.48. The Morgan fingerprint density at radius 1 is 0.793 bits per heavy atom. The molecule has 0 unspecified atom stereocenters. The van der Waals surface area contributed by atoms with Crippen LogP contribution >= 0.6 is 0 Å². The van der Waals surface area contributed by atoms with Gasteiger partial charge in [-0.05, 0) is 47.2 Å². The van der Waals surface area contributed by atoms with Crippen molar-refractivity contribution in [1.82, 2.24) is 9.97 Å². The van der Waals surface area contributed by atoms with Crippen LogP contribution in [0.2, 0.25) is 0 Å². The van der Waals surface area contributed by atoms with Crippen LogP contribution in [0.4, 0.5) is 0 Å². The molecule has 2 nitrogen and oxygen atoms in total. The van der Waals surface area contributed by atoms with Gasteiger partial charge in [-0.1, -0.05) is 72.7 Å². The molecule has 150 valence electrons. The quantitative estimate of drug-likeness (QED) is 0.452. The van der Waals surface area contributed by atoms with E-state index in [9.17, 15) is 0 Å². The molecule has 1 aromatic carbocycles. The highest BCUT2D eigenvalue weighted by atomic mass is 14.8. The molecule has 1 aliphatic carbocycles. The summed E-state index contributed by atoms with van der Waals surface area (Å²) in [4.78, 5) is 9.79. The lowest BCUT2D eigenvalue weighted by atomic mass is 9.56. The van der Waals surface area contributed by atoms with Gasteiger partial charge in [0.05, 0.1) is 11.4 Å². The van der Waals surface area contributed by atoms with Crippen LogP contribution in [0.25, 0.3) is 22.4 Å². The monoisotopic (exact) mass is 384 g/mol. The van der Waals surface area contributed by atoms with Crippen molar-refractivity contribution in [3.63, 3.8) is 0 Å². The van der Waals surface area contributed by atoms with Gasteiger partial charge in [0.1, 0.15) is 0 Å². The Morgan fingerprint density at radius 3 is 2.17 bits per heavy atom. The van der Waals surface area contributed by atoms with Crippen molar-refractivity contribution in [3.05, 3.63) is 71.2 Å². The minimum absolute atomic E-state index is 0.0911. The van der Waals surface area contributed by atoms with Crippen molar-refractivity contribution in [1.29, 1.82) is 0 Å². The van der Waals surface area contributed by atoms with Crippen LogP contribution in [0.3, 0.4) is 0 Å². The fourth-order valence-corrected chi connectivity index (χ4v) is 4.57. The average Bonchev–Trinajstić information content (AvgIpc) is 2.66. The molecule has 2 heteroatoms. The lowest BCUT2D eigenvalue weighted by molar-refractivity contribution is 0.292. The summed E-state index contributed by atoms with van der Waals surface area (Å²) >= 11 is 0. The van der Waals surface area contributed by atoms with E-state index in [1.165, 1.54) is 33.5 Å². The van der Waals surface area contributed by atoms with Crippen LogP contribution in [0.15, 0.2) is 48.7 Å². The molecule has 4 rings (SSSR count). The first-order valence-corrected chi connectivity index (χ1v) is 10.5. The van der Waals surface area contributed by atoms with E-state index >= 15 is 0 Å². The fraction of sp³-hybridized carbons (Fsp3) is 0.407. The standard InChI is InChI=1S/C27H32N2/c1-17-12-13-20-19-10-9-11-21(22-16-18(14-15-28-22)25(2,3)4)23(19)26(5,6)27(7,8)24(20)29-17/h9-16H,1-8H3. The minimum Gasteiger partial charge on any atom is -0.257 e. The Labute approximate surface area is 175 Å². The molecular weight excluding hydrogens is 352 g/mol. The maximum absolute atomic E-state index is 4.99. The molecule has 2 aromatic heterocycles. The van der Waals surface area contributed by atoms with E-state index in [2.05, 4.69) is 97.9 Å². The van der Waals surface area contributed by atoms with Gasteiger partial charge >= 0.3 is 0 Å². The molecule has 3 aromatic rings. The SMILES string of the molecule is Cc1ccc2c(n1)C(C)(C)C(C)(C)c1c(-c3cc(C(C)(C)C)ccn3)cccc1-2. The Morgan fingerprint density at radius 2 is 1.48 bits per heavy atom. The third-order valence-electron chi connectivity index (χ3n) is 7.07. The summed E-state index contributed by atoms with van der Waals surface area (Å²) in [5, 5.41) is 0. The predicted molar refractivity (Wildman–Crippen MR) is 122 cm³/mol. The summed E-state index contributed by atoms with van der Waals surface area (Å²) in [6.45, 7) is 18.2. The lowest BCUT2D eigenvalue weighted by Crippen LogP contribution is -2.44. The molecule has 0 atom stereocenters. The highest BCUT2D eigenvalue weighted by Gasteiger charge is 2.48. The number of aryl methyl sites for hydroxylation is 1. The van der Waals surface area contributed by atoms with Gasteiger partial charge in [0, 0.05) is 33.8 Å². The highest BCUT2D eigenvalue weighted by Crippen LogP contribution is 2.55. The van der Waals surface area contributed by atoms with Crippen LogP contribution < -0.4 is 0 Å². The number of benzene rings is 1. The maximum Gasteiger partial charge on any atom is 0.0708 e. The second kappa shape index (κ2) is 6.26. The second-order valence-corrected chi connectivity index (χ2v) is 10.5. The molecule has 1 aliphatic rings. The molecule has 0 radical (unpaired) electrons. The maximum atomic E-state index is 4.99. The number of hydrogen-bond donors (Lipinski definition) is 0. The van der Waals surface area contributed by atoms with E-state index in [0.29, 0.717) is 0 Å². The van der Waals surface area contributed by atoms with Crippen molar-refractivity contribution in [2.75, 3.05) is 0 Å². The molecule has 2 heterocycles. The molecule has 0 N–H and O–H groups in total. The van der Waals surface area contributed by atoms with Crippen LogP contribution in [0, 0.1) is 6.92 Å². The van der Waals surface area contributed by atoms with Crippen molar-refractivity contribution >= 4 is 0 Å². The zero-order chi connectivity index (χ0) is 21.2. The van der Waals surface area contributed by atoms with Crippen molar-refractivity contribution in [2.24, 2.45) is 0 Å². The highest BCUT2D eigenvalue weighted by molar-refractivity contribution is 5.83. The van der Waals surface area contributed by atoms with E-state index in [4.69, 9.17) is 9.97 Å². The summed E-state index contributed by atoms with van der Waals surface area (Å²) in [6, 6.07) is 15.4. The molecule has 0 saturated carbocycles. The number of fused-ring (bicyclic) bond motifs is 3. The number of aromatic nitrogens is 2. The smallest absolute Gasteiger partial charge is 0.0708 e. The first-order chi connectivity index (χ1) is 13.4. The van der Waals surface area contributed by atoms with E-state index in [1.54, 1.807) is 0 Å². The number of hydrogen-bond acceptors (Lipinski definition) is 2. The summed E-state index contributed by atoms with van der Waals surface area (Å²) in [7, 11) is 0. The van der Waals surface area contributed by atoms with Crippen LogP contribution in [-0.2, 0) is 16.2 Å². The van der Waals surface area contributed by atoms with Gasteiger partial charge in [0.25, 0.3) is 0 Å². The summed E-state index contributed by atoms with van der Waals surface area (Å²) in [5.74, 6) is 0. The van der Waals surface area contributed by atoms with Gasteiger partial charge in [-0.25, -0.2) is 0 Å². The van der Waals surface area contributed by atoms with Crippen LogP contribution in [-0.4, -0.2) is 9.97 Å². The minimum atomic E-state index is -0.0981. The number of nitrogens with zero attached hydrogens (tertiary/aromatic N) is 2. The third-order valence-corrected chi connectivity index (χ3v) is 7.07. The Hall–Kier alpha value is -2.48. The Kier molecular flexibility index (Phi) is 4.28. The van der Waals surface area contributed by atoms with Gasteiger partial charge in [-0.2, -0.15) is 0 Å². The molecule has 0 spiro atoms.